The number of thiazole rings is 1. The first-order chi connectivity index (χ1) is 12.5. The van der Waals surface area contributed by atoms with Gasteiger partial charge in [0.15, 0.2) is 5.13 Å². The molecule has 0 spiro atoms. The molecule has 1 aromatic carbocycles. The first kappa shape index (κ1) is 17.0. The molecule has 3 heterocycles. The fourth-order valence-electron chi connectivity index (χ4n) is 3.25. The zero-order valence-electron chi connectivity index (χ0n) is 14.8. The van der Waals surface area contributed by atoms with Crippen LogP contribution in [0.4, 0.5) is 9.52 Å². The number of hydrogen-bond donors (Lipinski definition) is 0. The molecule has 0 atom stereocenters. The van der Waals surface area contributed by atoms with Gasteiger partial charge in [-0.2, -0.15) is 5.10 Å². The van der Waals surface area contributed by atoms with Gasteiger partial charge in [0.25, 0.3) is 0 Å². The highest BCUT2D eigenvalue weighted by Crippen LogP contribution is 2.30. The van der Waals surface area contributed by atoms with Gasteiger partial charge in [0.2, 0.25) is 5.91 Å². The average Bonchev–Trinajstić information content (AvgIpc) is 3.19. The lowest BCUT2D eigenvalue weighted by atomic mass is 10.3. The van der Waals surface area contributed by atoms with Gasteiger partial charge < -0.3 is 9.80 Å². The number of aromatic nitrogens is 3. The van der Waals surface area contributed by atoms with Crippen LogP contribution in [0, 0.1) is 19.7 Å². The number of para-hydroxylation sites is 1. The predicted molar refractivity (Wildman–Crippen MR) is 100 cm³/mol. The number of aryl methyl sites for hydroxylation is 2. The van der Waals surface area contributed by atoms with Crippen molar-refractivity contribution in [2.24, 2.45) is 0 Å². The lowest BCUT2D eigenvalue weighted by molar-refractivity contribution is -0.132. The topological polar surface area (TPSA) is 54.3 Å². The van der Waals surface area contributed by atoms with E-state index in [9.17, 15) is 9.18 Å². The van der Waals surface area contributed by atoms with E-state index in [1.165, 1.54) is 17.4 Å². The summed E-state index contributed by atoms with van der Waals surface area (Å²) < 4.78 is 16.4. The molecule has 4 rings (SSSR count). The Morgan fingerprint density at radius 2 is 2.00 bits per heavy atom. The summed E-state index contributed by atoms with van der Waals surface area (Å²) in [6, 6.07) is 6.99. The lowest BCUT2D eigenvalue weighted by Crippen LogP contribution is -2.49. The third kappa shape index (κ3) is 3.16. The van der Waals surface area contributed by atoms with Crippen molar-refractivity contribution in [2.45, 2.75) is 20.4 Å². The first-order valence-corrected chi connectivity index (χ1v) is 9.42. The van der Waals surface area contributed by atoms with Crippen molar-refractivity contribution < 1.29 is 9.18 Å². The zero-order valence-corrected chi connectivity index (χ0v) is 15.6. The Bertz CT molecular complexity index is 958. The number of hydrogen-bond acceptors (Lipinski definition) is 5. The van der Waals surface area contributed by atoms with Crippen LogP contribution in [-0.2, 0) is 11.3 Å². The normalized spacial score (nSPS) is 15.0. The number of nitrogens with zero attached hydrogens (tertiary/aromatic N) is 5. The number of anilines is 1. The zero-order chi connectivity index (χ0) is 18.3. The van der Waals surface area contributed by atoms with Crippen molar-refractivity contribution in [1.82, 2.24) is 19.7 Å². The number of carbonyl (C=O) groups is 1. The van der Waals surface area contributed by atoms with Crippen LogP contribution in [0.1, 0.15) is 11.4 Å². The number of benzene rings is 1. The standard InChI is InChI=1S/C18H20FN5OS/c1-12-10-13(2)24(21-12)11-16(25)22-6-8-23(9-7-22)18-20-17-14(19)4-3-5-15(17)26-18/h3-5,10H,6-9,11H2,1-2H3. The molecule has 6 nitrogen and oxygen atoms in total. The Hall–Kier alpha value is -2.48. The second kappa shape index (κ2) is 6.68. The van der Waals surface area contributed by atoms with Crippen LogP contribution < -0.4 is 4.90 Å². The number of carbonyl (C=O) groups excluding carboxylic acids is 1. The second-order valence-electron chi connectivity index (χ2n) is 6.54. The molecule has 1 fully saturated rings. The molecule has 0 saturated carbocycles. The van der Waals surface area contributed by atoms with Crippen molar-refractivity contribution in [2.75, 3.05) is 31.1 Å². The summed E-state index contributed by atoms with van der Waals surface area (Å²) in [6.07, 6.45) is 0. The molecular weight excluding hydrogens is 353 g/mol. The van der Waals surface area contributed by atoms with Crippen LogP contribution in [0.3, 0.4) is 0 Å². The molecule has 0 N–H and O–H groups in total. The van der Waals surface area contributed by atoms with E-state index in [4.69, 9.17) is 0 Å². The molecule has 0 radical (unpaired) electrons. The van der Waals surface area contributed by atoms with E-state index >= 15 is 0 Å². The molecule has 136 valence electrons. The van der Waals surface area contributed by atoms with Crippen molar-refractivity contribution in [3.05, 3.63) is 41.5 Å². The van der Waals surface area contributed by atoms with Gasteiger partial charge in [0.1, 0.15) is 17.9 Å². The molecule has 2 aromatic heterocycles. The Morgan fingerprint density at radius 1 is 1.23 bits per heavy atom. The van der Waals surface area contributed by atoms with E-state index in [0.717, 1.165) is 21.2 Å². The van der Waals surface area contributed by atoms with Gasteiger partial charge in [-0.15, -0.1) is 0 Å². The molecule has 8 heteroatoms. The van der Waals surface area contributed by atoms with E-state index in [2.05, 4.69) is 15.0 Å². The minimum Gasteiger partial charge on any atom is -0.345 e. The third-order valence-corrected chi connectivity index (χ3v) is 5.73. The highest BCUT2D eigenvalue weighted by Gasteiger charge is 2.24. The fraction of sp³-hybridized carbons (Fsp3) is 0.389. The third-order valence-electron chi connectivity index (χ3n) is 4.65. The summed E-state index contributed by atoms with van der Waals surface area (Å²) in [5.74, 6) is -0.213. The molecule has 1 aliphatic rings. The highest BCUT2D eigenvalue weighted by molar-refractivity contribution is 7.22. The van der Waals surface area contributed by atoms with Gasteiger partial charge in [-0.1, -0.05) is 17.4 Å². The summed E-state index contributed by atoms with van der Waals surface area (Å²) >= 11 is 1.49. The molecule has 1 aliphatic heterocycles. The average molecular weight is 373 g/mol. The van der Waals surface area contributed by atoms with Crippen molar-refractivity contribution in [3.63, 3.8) is 0 Å². The van der Waals surface area contributed by atoms with E-state index < -0.39 is 0 Å². The number of piperazine rings is 1. The Labute approximate surface area is 154 Å². The quantitative estimate of drug-likeness (QED) is 0.708. The second-order valence-corrected chi connectivity index (χ2v) is 7.54. The number of amides is 1. The number of halogens is 1. The van der Waals surface area contributed by atoms with E-state index in [1.807, 2.05) is 30.9 Å². The minimum atomic E-state index is -0.288. The first-order valence-electron chi connectivity index (χ1n) is 8.60. The highest BCUT2D eigenvalue weighted by atomic mass is 32.1. The Morgan fingerprint density at radius 3 is 2.65 bits per heavy atom. The van der Waals surface area contributed by atoms with Gasteiger partial charge in [0.05, 0.1) is 10.4 Å². The molecule has 26 heavy (non-hydrogen) atoms. The molecule has 1 amide bonds. The van der Waals surface area contributed by atoms with E-state index in [0.29, 0.717) is 31.7 Å². The Balaban J connectivity index is 1.41. The van der Waals surface area contributed by atoms with Gasteiger partial charge in [-0.3, -0.25) is 9.48 Å². The Kier molecular flexibility index (Phi) is 4.36. The maximum absolute atomic E-state index is 13.8. The van der Waals surface area contributed by atoms with E-state index in [-0.39, 0.29) is 18.3 Å². The van der Waals surface area contributed by atoms with Gasteiger partial charge >= 0.3 is 0 Å². The maximum Gasteiger partial charge on any atom is 0.244 e. The van der Waals surface area contributed by atoms with Gasteiger partial charge in [-0.25, -0.2) is 9.37 Å². The SMILES string of the molecule is Cc1cc(C)n(CC(=O)N2CCN(c3nc4c(F)cccc4s3)CC2)n1. The molecule has 0 unspecified atom stereocenters. The molecular formula is C18H20FN5OS. The summed E-state index contributed by atoms with van der Waals surface area (Å²) in [5, 5.41) is 5.17. The van der Waals surface area contributed by atoms with Crippen molar-refractivity contribution in [3.8, 4) is 0 Å². The minimum absolute atomic E-state index is 0.0752. The van der Waals surface area contributed by atoms with Crippen LogP contribution in [0.5, 0.6) is 0 Å². The maximum atomic E-state index is 13.8. The molecule has 3 aromatic rings. The van der Waals surface area contributed by atoms with Crippen LogP contribution in [0.25, 0.3) is 10.2 Å². The summed E-state index contributed by atoms with van der Waals surface area (Å²) in [7, 11) is 0. The van der Waals surface area contributed by atoms with Crippen LogP contribution in [0.2, 0.25) is 0 Å². The lowest BCUT2D eigenvalue weighted by Gasteiger charge is -2.34. The monoisotopic (exact) mass is 373 g/mol. The van der Waals surface area contributed by atoms with Gasteiger partial charge in [-0.05, 0) is 32.0 Å². The predicted octanol–water partition coefficient (Wildman–Crippen LogP) is 2.60. The summed E-state index contributed by atoms with van der Waals surface area (Å²) in [5.41, 5.74) is 2.34. The van der Waals surface area contributed by atoms with Crippen molar-refractivity contribution >= 4 is 32.6 Å². The fourth-order valence-corrected chi connectivity index (χ4v) is 4.28. The molecule has 1 saturated heterocycles. The number of fused-ring (bicyclic) bond motifs is 1. The summed E-state index contributed by atoms with van der Waals surface area (Å²) in [4.78, 5) is 21.0. The largest absolute Gasteiger partial charge is 0.345 e. The van der Waals surface area contributed by atoms with Crippen LogP contribution in [0.15, 0.2) is 24.3 Å². The molecule has 0 aliphatic carbocycles. The number of rotatable bonds is 3. The van der Waals surface area contributed by atoms with Crippen LogP contribution >= 0.6 is 11.3 Å². The van der Waals surface area contributed by atoms with Gasteiger partial charge in [0, 0.05) is 31.9 Å². The van der Waals surface area contributed by atoms with Crippen LogP contribution in [-0.4, -0.2) is 51.8 Å². The smallest absolute Gasteiger partial charge is 0.244 e. The van der Waals surface area contributed by atoms with E-state index in [1.54, 1.807) is 10.7 Å². The van der Waals surface area contributed by atoms with Crippen molar-refractivity contribution in [1.29, 1.82) is 0 Å². The molecule has 0 bridgehead atoms. The summed E-state index contributed by atoms with van der Waals surface area (Å²) in [6.45, 7) is 6.82.